The van der Waals surface area contributed by atoms with E-state index < -0.39 is 5.92 Å². The van der Waals surface area contributed by atoms with Crippen molar-refractivity contribution in [3.05, 3.63) is 52.1 Å². The number of esters is 1. The fourth-order valence-electron chi connectivity index (χ4n) is 3.00. The van der Waals surface area contributed by atoms with Gasteiger partial charge in [0.05, 0.1) is 7.11 Å². The first-order valence-corrected chi connectivity index (χ1v) is 7.12. The molecule has 0 aliphatic carbocycles. The van der Waals surface area contributed by atoms with Crippen molar-refractivity contribution in [1.29, 1.82) is 0 Å². The molecule has 1 unspecified atom stereocenters. The Balaban J connectivity index is 2.18. The van der Waals surface area contributed by atoms with Crippen LogP contribution in [0.2, 0.25) is 0 Å². The van der Waals surface area contributed by atoms with E-state index in [2.05, 4.69) is 0 Å². The van der Waals surface area contributed by atoms with E-state index in [0.717, 1.165) is 27.8 Å². The molecule has 114 valence electrons. The number of hydrogen-bond donors (Lipinski definition) is 1. The van der Waals surface area contributed by atoms with Gasteiger partial charge in [0.15, 0.2) is 0 Å². The monoisotopic (exact) mass is 298 g/mol. The fraction of sp³-hybridized carbons (Fsp3) is 0.278. The van der Waals surface area contributed by atoms with E-state index in [9.17, 15) is 9.90 Å². The summed E-state index contributed by atoms with van der Waals surface area (Å²) in [5.74, 6) is 0.792. The zero-order valence-electron chi connectivity index (χ0n) is 13.1. The van der Waals surface area contributed by atoms with Crippen molar-refractivity contribution in [3.63, 3.8) is 0 Å². The third kappa shape index (κ3) is 2.11. The molecule has 2 aromatic carbocycles. The molecule has 22 heavy (non-hydrogen) atoms. The molecule has 1 N–H and O–H groups in total. The highest BCUT2D eigenvalue weighted by Gasteiger charge is 2.36. The average Bonchev–Trinajstić information content (AvgIpc) is 2.81. The second-order valence-corrected chi connectivity index (χ2v) is 5.72. The molecule has 1 aliphatic heterocycles. The zero-order chi connectivity index (χ0) is 16.0. The SMILES string of the molecule is COc1cc(C)c2c(c1)C(c1cc(C)c(O)c(C)c1)C(=O)O2. The fourth-order valence-corrected chi connectivity index (χ4v) is 3.00. The standard InChI is InChI=1S/C18H18O4/c1-9-5-12(6-10(2)16(9)19)15-14-8-13(21-4)7-11(3)17(14)22-18(15)20/h5-8,15,19H,1-4H3. The van der Waals surface area contributed by atoms with E-state index in [0.29, 0.717) is 11.5 Å². The lowest BCUT2D eigenvalue weighted by Crippen LogP contribution is -2.12. The number of carbonyl (C=O) groups excluding carboxylic acids is 1. The molecule has 1 atom stereocenters. The summed E-state index contributed by atoms with van der Waals surface area (Å²) in [5.41, 5.74) is 4.00. The van der Waals surface area contributed by atoms with Gasteiger partial charge in [0.2, 0.25) is 0 Å². The Bertz CT molecular complexity index is 754. The van der Waals surface area contributed by atoms with Crippen LogP contribution in [-0.2, 0) is 4.79 Å². The number of hydrogen-bond acceptors (Lipinski definition) is 4. The van der Waals surface area contributed by atoms with Crippen molar-refractivity contribution in [2.24, 2.45) is 0 Å². The summed E-state index contributed by atoms with van der Waals surface area (Å²) >= 11 is 0. The number of aryl methyl sites for hydroxylation is 3. The van der Waals surface area contributed by atoms with Crippen molar-refractivity contribution in [2.75, 3.05) is 7.11 Å². The van der Waals surface area contributed by atoms with Crippen molar-refractivity contribution in [1.82, 2.24) is 0 Å². The minimum atomic E-state index is -0.484. The second kappa shape index (κ2) is 5.05. The van der Waals surface area contributed by atoms with Crippen LogP contribution in [-0.4, -0.2) is 18.2 Å². The minimum Gasteiger partial charge on any atom is -0.507 e. The average molecular weight is 298 g/mol. The molecule has 0 bridgehead atoms. The molecule has 1 heterocycles. The highest BCUT2D eigenvalue weighted by molar-refractivity contribution is 5.90. The van der Waals surface area contributed by atoms with Crippen LogP contribution in [0.15, 0.2) is 24.3 Å². The molecular weight excluding hydrogens is 280 g/mol. The summed E-state index contributed by atoms with van der Waals surface area (Å²) < 4.78 is 10.8. The van der Waals surface area contributed by atoms with Crippen LogP contribution in [0.5, 0.6) is 17.2 Å². The molecular formula is C18H18O4. The van der Waals surface area contributed by atoms with Crippen molar-refractivity contribution < 1.29 is 19.4 Å². The number of ether oxygens (including phenoxy) is 2. The van der Waals surface area contributed by atoms with Crippen LogP contribution in [0.1, 0.15) is 33.7 Å². The molecule has 0 saturated heterocycles. The Morgan fingerprint density at radius 2 is 1.68 bits per heavy atom. The van der Waals surface area contributed by atoms with Crippen molar-refractivity contribution in [3.8, 4) is 17.2 Å². The molecule has 4 heteroatoms. The predicted molar refractivity (Wildman–Crippen MR) is 82.8 cm³/mol. The van der Waals surface area contributed by atoms with E-state index in [1.165, 1.54) is 0 Å². The minimum absolute atomic E-state index is 0.261. The number of phenols is 1. The van der Waals surface area contributed by atoms with Crippen LogP contribution in [0, 0.1) is 20.8 Å². The van der Waals surface area contributed by atoms with E-state index in [1.54, 1.807) is 7.11 Å². The number of carbonyl (C=O) groups is 1. The first kappa shape index (κ1) is 14.4. The lowest BCUT2D eigenvalue weighted by Gasteiger charge is -2.13. The maximum Gasteiger partial charge on any atom is 0.323 e. The molecule has 4 nitrogen and oxygen atoms in total. The molecule has 0 fully saturated rings. The molecule has 0 radical (unpaired) electrons. The number of aromatic hydroxyl groups is 1. The molecule has 0 amide bonds. The van der Waals surface area contributed by atoms with Crippen LogP contribution < -0.4 is 9.47 Å². The van der Waals surface area contributed by atoms with Gasteiger partial charge in [-0.1, -0.05) is 12.1 Å². The van der Waals surface area contributed by atoms with Crippen LogP contribution in [0.3, 0.4) is 0 Å². The first-order chi connectivity index (χ1) is 10.4. The number of benzene rings is 2. The van der Waals surface area contributed by atoms with Gasteiger partial charge in [-0.3, -0.25) is 4.79 Å². The van der Waals surface area contributed by atoms with Crippen LogP contribution >= 0.6 is 0 Å². The number of fused-ring (bicyclic) bond motifs is 1. The summed E-state index contributed by atoms with van der Waals surface area (Å²) in [4.78, 5) is 12.4. The highest BCUT2D eigenvalue weighted by atomic mass is 16.5. The Morgan fingerprint density at radius 1 is 1.05 bits per heavy atom. The summed E-state index contributed by atoms with van der Waals surface area (Å²) in [6.07, 6.45) is 0. The van der Waals surface area contributed by atoms with Gasteiger partial charge in [-0.15, -0.1) is 0 Å². The summed E-state index contributed by atoms with van der Waals surface area (Å²) in [7, 11) is 1.60. The lowest BCUT2D eigenvalue weighted by molar-refractivity contribution is -0.133. The van der Waals surface area contributed by atoms with E-state index in [1.807, 2.05) is 45.0 Å². The third-order valence-corrected chi connectivity index (χ3v) is 4.11. The maximum absolute atomic E-state index is 12.4. The van der Waals surface area contributed by atoms with Gasteiger partial charge in [0, 0.05) is 5.56 Å². The largest absolute Gasteiger partial charge is 0.507 e. The molecule has 1 aliphatic rings. The smallest absolute Gasteiger partial charge is 0.323 e. The molecule has 0 aromatic heterocycles. The number of methoxy groups -OCH3 is 1. The van der Waals surface area contributed by atoms with Crippen LogP contribution in [0.25, 0.3) is 0 Å². The van der Waals surface area contributed by atoms with E-state index in [4.69, 9.17) is 9.47 Å². The van der Waals surface area contributed by atoms with Gasteiger partial charge in [-0.05, 0) is 55.2 Å². The third-order valence-electron chi connectivity index (χ3n) is 4.11. The highest BCUT2D eigenvalue weighted by Crippen LogP contribution is 2.44. The van der Waals surface area contributed by atoms with Gasteiger partial charge in [-0.2, -0.15) is 0 Å². The molecule has 2 aromatic rings. The Morgan fingerprint density at radius 3 is 2.27 bits per heavy atom. The predicted octanol–water partition coefficient (Wildman–Crippen LogP) is 3.38. The van der Waals surface area contributed by atoms with Crippen molar-refractivity contribution in [2.45, 2.75) is 26.7 Å². The second-order valence-electron chi connectivity index (χ2n) is 5.72. The van der Waals surface area contributed by atoms with Crippen LogP contribution in [0.4, 0.5) is 0 Å². The quantitative estimate of drug-likeness (QED) is 0.682. The van der Waals surface area contributed by atoms with Gasteiger partial charge < -0.3 is 14.6 Å². The van der Waals surface area contributed by atoms with Crippen molar-refractivity contribution >= 4 is 5.97 Å². The Kier molecular flexibility index (Phi) is 3.32. The summed E-state index contributed by atoms with van der Waals surface area (Å²) in [5, 5.41) is 9.92. The van der Waals surface area contributed by atoms with Gasteiger partial charge in [0.25, 0.3) is 0 Å². The number of phenolic OH excluding ortho intramolecular Hbond substituents is 1. The molecule has 3 rings (SSSR count). The summed E-state index contributed by atoms with van der Waals surface area (Å²) in [6, 6.07) is 7.35. The van der Waals surface area contributed by atoms with Gasteiger partial charge in [0.1, 0.15) is 23.2 Å². The first-order valence-electron chi connectivity index (χ1n) is 7.12. The van der Waals surface area contributed by atoms with Gasteiger partial charge >= 0.3 is 5.97 Å². The topological polar surface area (TPSA) is 55.8 Å². The van der Waals surface area contributed by atoms with E-state index >= 15 is 0 Å². The molecule has 0 saturated carbocycles. The normalized spacial score (nSPS) is 16.4. The summed E-state index contributed by atoms with van der Waals surface area (Å²) in [6.45, 7) is 5.54. The zero-order valence-corrected chi connectivity index (χ0v) is 13.1. The van der Waals surface area contributed by atoms with Gasteiger partial charge in [-0.25, -0.2) is 0 Å². The Hall–Kier alpha value is -2.49. The number of rotatable bonds is 2. The maximum atomic E-state index is 12.4. The van der Waals surface area contributed by atoms with E-state index in [-0.39, 0.29) is 11.7 Å². The molecule has 0 spiro atoms. The lowest BCUT2D eigenvalue weighted by atomic mass is 9.89. The Labute approximate surface area is 129 Å².